The summed E-state index contributed by atoms with van der Waals surface area (Å²) in [7, 11) is 0. The van der Waals surface area contributed by atoms with Crippen molar-refractivity contribution < 1.29 is 0 Å². The zero-order valence-corrected chi connectivity index (χ0v) is 13.9. The molecular formula is C16H11BrClNS. The number of hydrogen-bond acceptors (Lipinski definition) is 2. The van der Waals surface area contributed by atoms with Crippen LogP contribution >= 0.6 is 38.9 Å². The first-order valence-corrected chi connectivity index (χ1v) is 8.12. The van der Waals surface area contributed by atoms with Crippen LogP contribution in [0.5, 0.6) is 0 Å². The van der Waals surface area contributed by atoms with Crippen LogP contribution in [-0.4, -0.2) is 4.98 Å². The number of aryl methyl sites for hydroxylation is 1. The molecule has 2 aromatic carbocycles. The molecule has 0 fully saturated rings. The minimum absolute atomic E-state index is 0.744. The third-order valence-electron chi connectivity index (χ3n) is 3.02. The average Bonchev–Trinajstić information content (AvgIpc) is 2.82. The smallest absolute Gasteiger partial charge is 0.124 e. The Balaban J connectivity index is 2.08. The molecule has 100 valence electrons. The average molecular weight is 365 g/mol. The Bertz CT molecular complexity index is 749. The fourth-order valence-electron chi connectivity index (χ4n) is 2.02. The number of hydrogen-bond donors (Lipinski definition) is 0. The maximum atomic E-state index is 5.93. The van der Waals surface area contributed by atoms with Gasteiger partial charge in [0, 0.05) is 25.5 Å². The van der Waals surface area contributed by atoms with E-state index >= 15 is 0 Å². The van der Waals surface area contributed by atoms with Gasteiger partial charge < -0.3 is 0 Å². The van der Waals surface area contributed by atoms with E-state index in [-0.39, 0.29) is 0 Å². The lowest BCUT2D eigenvalue weighted by molar-refractivity contribution is 1.36. The fourth-order valence-corrected chi connectivity index (χ4v) is 3.55. The molecule has 0 aliphatic rings. The minimum atomic E-state index is 0.744. The molecule has 0 atom stereocenters. The Morgan fingerprint density at radius 2 is 1.75 bits per heavy atom. The molecular weight excluding hydrogens is 354 g/mol. The van der Waals surface area contributed by atoms with Crippen LogP contribution in [0, 0.1) is 6.92 Å². The normalized spacial score (nSPS) is 10.8. The molecule has 0 N–H and O–H groups in total. The molecule has 4 heteroatoms. The van der Waals surface area contributed by atoms with E-state index in [4.69, 9.17) is 16.6 Å². The summed E-state index contributed by atoms with van der Waals surface area (Å²) < 4.78 is 1.07. The van der Waals surface area contributed by atoms with Gasteiger partial charge >= 0.3 is 0 Å². The predicted molar refractivity (Wildman–Crippen MR) is 90.4 cm³/mol. The first kappa shape index (κ1) is 13.8. The number of benzene rings is 2. The van der Waals surface area contributed by atoms with Crippen molar-refractivity contribution in [2.24, 2.45) is 0 Å². The van der Waals surface area contributed by atoms with E-state index in [2.05, 4.69) is 28.9 Å². The van der Waals surface area contributed by atoms with Crippen LogP contribution in [0.1, 0.15) is 4.88 Å². The largest absolute Gasteiger partial charge is 0.236 e. The molecule has 1 nitrogen and oxygen atoms in total. The minimum Gasteiger partial charge on any atom is -0.236 e. The number of nitrogens with zero attached hydrogens (tertiary/aromatic N) is 1. The van der Waals surface area contributed by atoms with Gasteiger partial charge in [-0.2, -0.15) is 0 Å². The van der Waals surface area contributed by atoms with Crippen molar-refractivity contribution in [2.75, 3.05) is 0 Å². The van der Waals surface area contributed by atoms with Gasteiger partial charge in [-0.1, -0.05) is 57.9 Å². The van der Waals surface area contributed by atoms with E-state index in [0.29, 0.717) is 0 Å². The second kappa shape index (κ2) is 5.68. The Labute approximate surface area is 135 Å². The third-order valence-corrected chi connectivity index (χ3v) is 4.98. The molecule has 0 unspecified atom stereocenters. The van der Waals surface area contributed by atoms with Crippen LogP contribution < -0.4 is 0 Å². The van der Waals surface area contributed by atoms with Crippen LogP contribution in [0.4, 0.5) is 0 Å². The molecule has 20 heavy (non-hydrogen) atoms. The summed E-state index contributed by atoms with van der Waals surface area (Å²) in [5, 5.41) is 1.76. The van der Waals surface area contributed by atoms with E-state index in [9.17, 15) is 0 Å². The zero-order chi connectivity index (χ0) is 14.1. The van der Waals surface area contributed by atoms with Crippen molar-refractivity contribution in [1.82, 2.24) is 4.98 Å². The summed E-state index contributed by atoms with van der Waals surface area (Å²) >= 11 is 11.2. The molecule has 1 heterocycles. The fraction of sp³-hybridized carbons (Fsp3) is 0.0625. The van der Waals surface area contributed by atoms with Crippen LogP contribution in [0.15, 0.2) is 53.0 Å². The lowest BCUT2D eigenvalue weighted by Gasteiger charge is -2.01. The van der Waals surface area contributed by atoms with Crippen molar-refractivity contribution in [2.45, 2.75) is 6.92 Å². The summed E-state index contributed by atoms with van der Waals surface area (Å²) in [6, 6.07) is 16.0. The molecule has 0 radical (unpaired) electrons. The quantitative estimate of drug-likeness (QED) is 0.527. The Morgan fingerprint density at radius 3 is 2.45 bits per heavy atom. The lowest BCUT2D eigenvalue weighted by Crippen LogP contribution is -1.82. The second-order valence-corrected chi connectivity index (χ2v) is 6.90. The van der Waals surface area contributed by atoms with E-state index in [1.807, 2.05) is 42.5 Å². The Hall–Kier alpha value is -1.16. The van der Waals surface area contributed by atoms with Gasteiger partial charge in [0.15, 0.2) is 0 Å². The van der Waals surface area contributed by atoms with Gasteiger partial charge in [0.25, 0.3) is 0 Å². The van der Waals surface area contributed by atoms with Gasteiger partial charge in [-0.3, -0.25) is 0 Å². The third kappa shape index (κ3) is 2.66. The van der Waals surface area contributed by atoms with Crippen molar-refractivity contribution in [3.63, 3.8) is 0 Å². The zero-order valence-electron chi connectivity index (χ0n) is 10.7. The van der Waals surface area contributed by atoms with Gasteiger partial charge in [-0.05, 0) is 25.1 Å². The predicted octanol–water partition coefficient (Wildman–Crippen LogP) is 6.20. The standard InChI is InChI=1S/C16H11BrClNS/c1-10-15(13-4-2-3-5-14(13)17)19-16(20-10)11-6-8-12(18)9-7-11/h2-9H,1H3. The molecule has 0 saturated heterocycles. The number of halogens is 2. The number of aromatic nitrogens is 1. The van der Waals surface area contributed by atoms with E-state index in [1.165, 1.54) is 4.88 Å². The maximum Gasteiger partial charge on any atom is 0.124 e. The molecule has 3 aromatic rings. The van der Waals surface area contributed by atoms with Gasteiger partial charge in [0.05, 0.1) is 5.69 Å². The summed E-state index contributed by atoms with van der Waals surface area (Å²) in [4.78, 5) is 6.00. The van der Waals surface area contributed by atoms with Gasteiger partial charge in [-0.25, -0.2) is 4.98 Å². The summed E-state index contributed by atoms with van der Waals surface area (Å²) in [5.74, 6) is 0. The molecule has 0 bridgehead atoms. The van der Waals surface area contributed by atoms with Crippen molar-refractivity contribution in [1.29, 1.82) is 0 Å². The van der Waals surface area contributed by atoms with Crippen molar-refractivity contribution in [3.05, 3.63) is 62.9 Å². The number of rotatable bonds is 2. The highest BCUT2D eigenvalue weighted by atomic mass is 79.9. The second-order valence-electron chi connectivity index (χ2n) is 4.41. The maximum absolute atomic E-state index is 5.93. The highest BCUT2D eigenvalue weighted by molar-refractivity contribution is 9.10. The van der Waals surface area contributed by atoms with Gasteiger partial charge in [0.1, 0.15) is 5.01 Å². The Morgan fingerprint density at radius 1 is 1.05 bits per heavy atom. The van der Waals surface area contributed by atoms with E-state index in [0.717, 1.165) is 31.3 Å². The van der Waals surface area contributed by atoms with Crippen LogP contribution in [0.3, 0.4) is 0 Å². The van der Waals surface area contributed by atoms with E-state index < -0.39 is 0 Å². The van der Waals surface area contributed by atoms with Crippen molar-refractivity contribution >= 4 is 38.9 Å². The highest BCUT2D eigenvalue weighted by Crippen LogP contribution is 2.36. The molecule has 1 aromatic heterocycles. The molecule has 0 saturated carbocycles. The molecule has 3 rings (SSSR count). The topological polar surface area (TPSA) is 12.9 Å². The van der Waals surface area contributed by atoms with Gasteiger partial charge in [-0.15, -0.1) is 11.3 Å². The SMILES string of the molecule is Cc1sc(-c2ccc(Cl)cc2)nc1-c1ccccc1Br. The van der Waals surface area contributed by atoms with Crippen LogP contribution in [0.25, 0.3) is 21.8 Å². The lowest BCUT2D eigenvalue weighted by atomic mass is 10.1. The van der Waals surface area contributed by atoms with Crippen LogP contribution in [0.2, 0.25) is 5.02 Å². The highest BCUT2D eigenvalue weighted by Gasteiger charge is 2.13. The Kier molecular flexibility index (Phi) is 3.92. The monoisotopic (exact) mass is 363 g/mol. The first-order chi connectivity index (χ1) is 9.65. The first-order valence-electron chi connectivity index (χ1n) is 6.13. The van der Waals surface area contributed by atoms with Gasteiger partial charge in [0.2, 0.25) is 0 Å². The molecule has 0 amide bonds. The number of thiazole rings is 1. The molecule has 0 spiro atoms. The van der Waals surface area contributed by atoms with E-state index in [1.54, 1.807) is 11.3 Å². The van der Waals surface area contributed by atoms with Crippen molar-refractivity contribution in [3.8, 4) is 21.8 Å². The summed E-state index contributed by atoms with van der Waals surface area (Å²) in [6.07, 6.45) is 0. The molecule has 0 aliphatic heterocycles. The molecule has 0 aliphatic carbocycles. The van der Waals surface area contributed by atoms with Crippen LogP contribution in [-0.2, 0) is 0 Å². The summed E-state index contributed by atoms with van der Waals surface area (Å²) in [6.45, 7) is 2.10. The summed E-state index contributed by atoms with van der Waals surface area (Å²) in [5.41, 5.74) is 3.26.